The molecule has 0 spiro atoms. The maximum absolute atomic E-state index is 4.22. The van der Waals surface area contributed by atoms with Crippen LogP contribution in [0.5, 0.6) is 0 Å². The number of aryl methyl sites for hydroxylation is 1. The third-order valence-corrected chi connectivity index (χ3v) is 2.94. The SMILES string of the molecule is Cn1cnnc1-c1ccc(NCc2cnccn2)cc1. The third-order valence-electron chi connectivity index (χ3n) is 2.94. The number of hydrogen-bond acceptors (Lipinski definition) is 5. The molecule has 3 rings (SSSR count). The lowest BCUT2D eigenvalue weighted by molar-refractivity contribution is 0.920. The van der Waals surface area contributed by atoms with Crippen molar-refractivity contribution >= 4 is 5.69 Å². The highest BCUT2D eigenvalue weighted by molar-refractivity contribution is 5.59. The van der Waals surface area contributed by atoms with Gasteiger partial charge < -0.3 is 9.88 Å². The minimum atomic E-state index is 0.650. The van der Waals surface area contributed by atoms with Crippen molar-refractivity contribution in [3.63, 3.8) is 0 Å². The van der Waals surface area contributed by atoms with Crippen LogP contribution in [0.2, 0.25) is 0 Å². The van der Waals surface area contributed by atoms with Crippen molar-refractivity contribution in [1.29, 1.82) is 0 Å². The van der Waals surface area contributed by atoms with Crippen LogP contribution in [-0.2, 0) is 13.6 Å². The summed E-state index contributed by atoms with van der Waals surface area (Å²) in [6.07, 6.45) is 6.80. The van der Waals surface area contributed by atoms with E-state index in [1.165, 1.54) is 0 Å². The van der Waals surface area contributed by atoms with E-state index in [2.05, 4.69) is 25.5 Å². The average molecular weight is 266 g/mol. The van der Waals surface area contributed by atoms with Crippen molar-refractivity contribution in [2.24, 2.45) is 7.05 Å². The van der Waals surface area contributed by atoms with Crippen LogP contribution in [0.15, 0.2) is 49.2 Å². The zero-order valence-electron chi connectivity index (χ0n) is 11.1. The maximum Gasteiger partial charge on any atom is 0.163 e. The first kappa shape index (κ1) is 12.3. The standard InChI is InChI=1S/C14H14N6/c1-20-10-18-19-14(20)11-2-4-12(5-3-11)17-9-13-8-15-6-7-16-13/h2-8,10,17H,9H2,1H3. The summed E-state index contributed by atoms with van der Waals surface area (Å²) in [7, 11) is 1.93. The van der Waals surface area contributed by atoms with Crippen LogP contribution in [0.25, 0.3) is 11.4 Å². The van der Waals surface area contributed by atoms with Crippen LogP contribution in [0, 0.1) is 0 Å². The van der Waals surface area contributed by atoms with E-state index in [0.717, 1.165) is 22.8 Å². The third kappa shape index (κ3) is 2.64. The van der Waals surface area contributed by atoms with Gasteiger partial charge >= 0.3 is 0 Å². The molecule has 0 amide bonds. The van der Waals surface area contributed by atoms with Gasteiger partial charge in [0, 0.05) is 30.7 Å². The molecular weight excluding hydrogens is 252 g/mol. The fourth-order valence-electron chi connectivity index (χ4n) is 1.90. The Hall–Kier alpha value is -2.76. The monoisotopic (exact) mass is 266 g/mol. The Bertz CT molecular complexity index is 674. The van der Waals surface area contributed by atoms with Gasteiger partial charge in [-0.25, -0.2) is 0 Å². The first-order chi connectivity index (χ1) is 9.83. The molecule has 0 saturated heterocycles. The van der Waals surface area contributed by atoms with Crippen molar-refractivity contribution in [2.75, 3.05) is 5.32 Å². The van der Waals surface area contributed by atoms with E-state index < -0.39 is 0 Å². The van der Waals surface area contributed by atoms with Crippen LogP contribution in [0.3, 0.4) is 0 Å². The lowest BCUT2D eigenvalue weighted by Crippen LogP contribution is -2.01. The van der Waals surface area contributed by atoms with Gasteiger partial charge in [0.2, 0.25) is 0 Å². The Morgan fingerprint density at radius 3 is 2.65 bits per heavy atom. The second-order valence-electron chi connectivity index (χ2n) is 4.39. The Labute approximate surface area is 116 Å². The number of benzene rings is 1. The highest BCUT2D eigenvalue weighted by Gasteiger charge is 2.04. The second-order valence-corrected chi connectivity index (χ2v) is 4.39. The van der Waals surface area contributed by atoms with Crippen LogP contribution in [-0.4, -0.2) is 24.7 Å². The molecule has 0 aliphatic carbocycles. The largest absolute Gasteiger partial charge is 0.379 e. The number of aromatic nitrogens is 5. The van der Waals surface area contributed by atoms with Gasteiger partial charge in [-0.05, 0) is 24.3 Å². The number of anilines is 1. The molecule has 2 heterocycles. The fourth-order valence-corrected chi connectivity index (χ4v) is 1.90. The van der Waals surface area contributed by atoms with Crippen LogP contribution < -0.4 is 5.32 Å². The fraction of sp³-hybridized carbons (Fsp3) is 0.143. The molecule has 6 nitrogen and oxygen atoms in total. The van der Waals surface area contributed by atoms with E-state index >= 15 is 0 Å². The first-order valence-corrected chi connectivity index (χ1v) is 6.26. The number of nitrogens with zero attached hydrogens (tertiary/aromatic N) is 5. The molecular formula is C14H14N6. The highest BCUT2D eigenvalue weighted by Crippen LogP contribution is 2.18. The molecule has 3 aromatic rings. The summed E-state index contributed by atoms with van der Waals surface area (Å²) in [5, 5.41) is 11.3. The molecule has 2 aromatic heterocycles. The summed E-state index contributed by atoms with van der Waals surface area (Å²) in [5.41, 5.74) is 2.97. The molecule has 0 fully saturated rings. The lowest BCUT2D eigenvalue weighted by Gasteiger charge is -2.06. The maximum atomic E-state index is 4.22. The Morgan fingerprint density at radius 1 is 1.15 bits per heavy atom. The molecule has 20 heavy (non-hydrogen) atoms. The quantitative estimate of drug-likeness (QED) is 0.781. The van der Waals surface area contributed by atoms with Gasteiger partial charge in [-0.3, -0.25) is 9.97 Å². The molecule has 0 aliphatic rings. The van der Waals surface area contributed by atoms with Gasteiger partial charge in [0.25, 0.3) is 0 Å². The molecule has 0 radical (unpaired) electrons. The molecule has 0 atom stereocenters. The summed E-state index contributed by atoms with van der Waals surface area (Å²) in [5.74, 6) is 0.852. The summed E-state index contributed by atoms with van der Waals surface area (Å²) in [6, 6.07) is 8.06. The van der Waals surface area contributed by atoms with E-state index in [0.29, 0.717) is 6.54 Å². The summed E-state index contributed by atoms with van der Waals surface area (Å²) in [4.78, 5) is 8.25. The molecule has 0 aliphatic heterocycles. The average Bonchev–Trinajstić information content (AvgIpc) is 2.93. The zero-order chi connectivity index (χ0) is 13.8. The zero-order valence-corrected chi connectivity index (χ0v) is 11.1. The van der Waals surface area contributed by atoms with E-state index in [4.69, 9.17) is 0 Å². The van der Waals surface area contributed by atoms with Crippen molar-refractivity contribution in [1.82, 2.24) is 24.7 Å². The molecule has 1 aromatic carbocycles. The van der Waals surface area contributed by atoms with Crippen molar-refractivity contribution in [3.05, 3.63) is 54.9 Å². The normalized spacial score (nSPS) is 10.4. The number of nitrogens with one attached hydrogen (secondary N) is 1. The second kappa shape index (κ2) is 5.48. The summed E-state index contributed by atoms with van der Waals surface area (Å²) in [6.45, 7) is 0.650. The van der Waals surface area contributed by atoms with E-state index in [9.17, 15) is 0 Å². The van der Waals surface area contributed by atoms with E-state index in [1.54, 1.807) is 24.9 Å². The minimum absolute atomic E-state index is 0.650. The van der Waals surface area contributed by atoms with Crippen LogP contribution in [0.4, 0.5) is 5.69 Å². The molecule has 0 bridgehead atoms. The molecule has 0 saturated carbocycles. The molecule has 6 heteroatoms. The van der Waals surface area contributed by atoms with Gasteiger partial charge in [-0.2, -0.15) is 0 Å². The van der Waals surface area contributed by atoms with E-state index in [-0.39, 0.29) is 0 Å². The molecule has 100 valence electrons. The predicted octanol–water partition coefficient (Wildman–Crippen LogP) is 1.88. The van der Waals surface area contributed by atoms with Crippen molar-refractivity contribution in [2.45, 2.75) is 6.54 Å². The van der Waals surface area contributed by atoms with Crippen molar-refractivity contribution < 1.29 is 0 Å². The Morgan fingerprint density at radius 2 is 2.00 bits per heavy atom. The Balaban J connectivity index is 1.69. The van der Waals surface area contributed by atoms with Crippen molar-refractivity contribution in [3.8, 4) is 11.4 Å². The number of rotatable bonds is 4. The predicted molar refractivity (Wildman–Crippen MR) is 75.8 cm³/mol. The van der Waals surface area contributed by atoms with Gasteiger partial charge in [0.05, 0.1) is 18.4 Å². The lowest BCUT2D eigenvalue weighted by atomic mass is 10.2. The van der Waals surface area contributed by atoms with Gasteiger partial charge in [-0.1, -0.05) is 0 Å². The van der Waals surface area contributed by atoms with Gasteiger partial charge in [0.1, 0.15) is 6.33 Å². The smallest absolute Gasteiger partial charge is 0.163 e. The first-order valence-electron chi connectivity index (χ1n) is 6.26. The van der Waals surface area contributed by atoms with Crippen LogP contribution >= 0.6 is 0 Å². The highest BCUT2D eigenvalue weighted by atomic mass is 15.2. The molecule has 1 N–H and O–H groups in total. The molecule has 0 unspecified atom stereocenters. The topological polar surface area (TPSA) is 68.5 Å². The summed E-state index contributed by atoms with van der Waals surface area (Å²) < 4.78 is 1.89. The minimum Gasteiger partial charge on any atom is -0.379 e. The number of hydrogen-bond donors (Lipinski definition) is 1. The van der Waals surface area contributed by atoms with Gasteiger partial charge in [-0.15, -0.1) is 10.2 Å². The Kier molecular flexibility index (Phi) is 3.36. The van der Waals surface area contributed by atoms with E-state index in [1.807, 2.05) is 35.9 Å². The van der Waals surface area contributed by atoms with Gasteiger partial charge in [0.15, 0.2) is 5.82 Å². The summed E-state index contributed by atoms with van der Waals surface area (Å²) >= 11 is 0. The van der Waals surface area contributed by atoms with Crippen LogP contribution in [0.1, 0.15) is 5.69 Å².